The predicted molar refractivity (Wildman–Crippen MR) is 75.8 cm³/mol. The minimum atomic E-state index is 0.639. The highest BCUT2D eigenvalue weighted by molar-refractivity contribution is 5.82. The molecule has 3 aromatic rings. The molecule has 0 aliphatic rings. The summed E-state index contributed by atoms with van der Waals surface area (Å²) in [5, 5.41) is 15.1. The molecule has 2 aromatic heterocycles. The smallest absolute Gasteiger partial charge is 0.222 e. The molecule has 0 saturated carbocycles. The van der Waals surface area contributed by atoms with Crippen LogP contribution in [0.25, 0.3) is 16.7 Å². The maximum absolute atomic E-state index is 5.03. The van der Waals surface area contributed by atoms with E-state index in [1.165, 1.54) is 0 Å². The molecule has 1 N–H and O–H groups in total. The Morgan fingerprint density at radius 3 is 3.10 bits per heavy atom. The Balaban J connectivity index is 2.02. The van der Waals surface area contributed by atoms with Crippen LogP contribution in [0.4, 0.5) is 5.82 Å². The number of ether oxygens (including phenoxy) is 1. The van der Waals surface area contributed by atoms with Gasteiger partial charge in [0.25, 0.3) is 0 Å². The summed E-state index contributed by atoms with van der Waals surface area (Å²) in [6.07, 6.45) is 0.901. The minimum absolute atomic E-state index is 0.639. The Labute approximate surface area is 116 Å². The molecule has 1 aromatic carbocycles. The third-order valence-electron chi connectivity index (χ3n) is 3.09. The van der Waals surface area contributed by atoms with Gasteiger partial charge in [-0.15, -0.1) is 5.10 Å². The lowest BCUT2D eigenvalue weighted by Gasteiger charge is -2.08. The zero-order chi connectivity index (χ0) is 13.9. The predicted octanol–water partition coefficient (Wildman–Crippen LogP) is 1.43. The van der Waals surface area contributed by atoms with Crippen molar-refractivity contribution < 1.29 is 4.74 Å². The molecule has 0 aliphatic heterocycles. The Hall–Kier alpha value is -2.28. The number of aromatic nitrogens is 5. The fourth-order valence-electron chi connectivity index (χ4n) is 2.11. The number of rotatable bonds is 5. The van der Waals surface area contributed by atoms with E-state index in [1.807, 2.05) is 25.1 Å². The molecule has 0 aliphatic carbocycles. The second kappa shape index (κ2) is 5.38. The summed E-state index contributed by atoms with van der Waals surface area (Å²) in [7, 11) is 1.69. The number of tetrazole rings is 1. The molecule has 0 unspecified atom stereocenters. The number of fused-ring (bicyclic) bond motifs is 3. The van der Waals surface area contributed by atoms with Crippen molar-refractivity contribution in [2.75, 3.05) is 25.6 Å². The summed E-state index contributed by atoms with van der Waals surface area (Å²) in [5.41, 5.74) is 3.56. The average Bonchev–Trinajstić information content (AvgIpc) is 2.94. The van der Waals surface area contributed by atoms with Crippen LogP contribution in [0.3, 0.4) is 0 Å². The van der Waals surface area contributed by atoms with Crippen LogP contribution >= 0.6 is 0 Å². The van der Waals surface area contributed by atoms with Gasteiger partial charge in [0.1, 0.15) is 0 Å². The van der Waals surface area contributed by atoms with E-state index in [0.717, 1.165) is 29.6 Å². The van der Waals surface area contributed by atoms with Gasteiger partial charge in [0.2, 0.25) is 5.65 Å². The maximum Gasteiger partial charge on any atom is 0.222 e. The summed E-state index contributed by atoms with van der Waals surface area (Å²) in [4.78, 5) is 4.60. The first-order valence-corrected chi connectivity index (χ1v) is 6.51. The molecule has 0 atom stereocenters. The van der Waals surface area contributed by atoms with E-state index in [4.69, 9.17) is 4.74 Å². The fraction of sp³-hybridized carbons (Fsp3) is 0.385. The summed E-state index contributed by atoms with van der Waals surface area (Å²) in [6, 6.07) is 6.03. The number of nitrogens with zero attached hydrogens (tertiary/aromatic N) is 5. The number of nitrogens with one attached hydrogen (secondary N) is 1. The second-order valence-electron chi connectivity index (χ2n) is 4.64. The Kier molecular flexibility index (Phi) is 3.42. The first kappa shape index (κ1) is 12.7. The number of hydrogen-bond acceptors (Lipinski definition) is 6. The normalized spacial score (nSPS) is 11.3. The van der Waals surface area contributed by atoms with Crippen molar-refractivity contribution in [2.45, 2.75) is 13.3 Å². The molecular formula is C13H16N6O. The summed E-state index contributed by atoms with van der Waals surface area (Å²) >= 11 is 0. The molecule has 0 radical (unpaired) electrons. The Morgan fingerprint density at radius 1 is 1.35 bits per heavy atom. The monoisotopic (exact) mass is 272 g/mol. The molecule has 7 heteroatoms. The third kappa shape index (κ3) is 2.27. The first-order chi connectivity index (χ1) is 9.79. The van der Waals surface area contributed by atoms with Crippen LogP contribution in [-0.2, 0) is 4.74 Å². The Bertz CT molecular complexity index is 738. The lowest BCUT2D eigenvalue weighted by atomic mass is 10.2. The first-order valence-electron chi connectivity index (χ1n) is 6.51. The van der Waals surface area contributed by atoms with E-state index in [2.05, 4.69) is 25.8 Å². The van der Waals surface area contributed by atoms with Gasteiger partial charge < -0.3 is 10.1 Å². The highest BCUT2D eigenvalue weighted by atomic mass is 16.5. The molecule has 0 bridgehead atoms. The van der Waals surface area contributed by atoms with E-state index in [-0.39, 0.29) is 0 Å². The van der Waals surface area contributed by atoms with Gasteiger partial charge in [-0.1, -0.05) is 6.07 Å². The van der Waals surface area contributed by atoms with Gasteiger partial charge in [0, 0.05) is 20.3 Å². The van der Waals surface area contributed by atoms with Gasteiger partial charge in [-0.05, 0) is 41.5 Å². The summed E-state index contributed by atoms with van der Waals surface area (Å²) in [5.74, 6) is 0.697. The van der Waals surface area contributed by atoms with Crippen molar-refractivity contribution >= 4 is 22.5 Å². The minimum Gasteiger partial charge on any atom is -0.385 e. The number of benzene rings is 1. The van der Waals surface area contributed by atoms with Crippen LogP contribution in [0.2, 0.25) is 0 Å². The standard InChI is InChI=1S/C13H16N6O/c1-9-4-5-10-11(8-9)19-13(16-17-18-19)12(15-10)14-6-3-7-20-2/h4-5,8H,3,6-7H2,1-2H3,(H,14,15). The van der Waals surface area contributed by atoms with Gasteiger partial charge in [-0.3, -0.25) is 0 Å². The van der Waals surface area contributed by atoms with Crippen LogP contribution < -0.4 is 5.32 Å². The molecule has 20 heavy (non-hydrogen) atoms. The van der Waals surface area contributed by atoms with Crippen LogP contribution in [-0.4, -0.2) is 45.3 Å². The van der Waals surface area contributed by atoms with Crippen molar-refractivity contribution in [3.05, 3.63) is 23.8 Å². The lowest BCUT2D eigenvalue weighted by Crippen LogP contribution is -2.08. The molecule has 7 nitrogen and oxygen atoms in total. The molecule has 104 valence electrons. The van der Waals surface area contributed by atoms with E-state index < -0.39 is 0 Å². The van der Waals surface area contributed by atoms with E-state index in [1.54, 1.807) is 11.6 Å². The van der Waals surface area contributed by atoms with Crippen molar-refractivity contribution in [3.63, 3.8) is 0 Å². The van der Waals surface area contributed by atoms with Gasteiger partial charge in [-0.25, -0.2) is 4.98 Å². The van der Waals surface area contributed by atoms with Gasteiger partial charge in [0.05, 0.1) is 11.0 Å². The van der Waals surface area contributed by atoms with Gasteiger partial charge >= 0.3 is 0 Å². The van der Waals surface area contributed by atoms with Crippen LogP contribution in [0.15, 0.2) is 18.2 Å². The van der Waals surface area contributed by atoms with Crippen LogP contribution in [0.1, 0.15) is 12.0 Å². The molecule has 0 fully saturated rings. The SMILES string of the molecule is COCCCNc1nc2ccc(C)cc2n2nnnc12. The molecule has 0 saturated heterocycles. The van der Waals surface area contributed by atoms with Crippen molar-refractivity contribution in [1.82, 2.24) is 25.0 Å². The van der Waals surface area contributed by atoms with E-state index in [0.29, 0.717) is 18.1 Å². The molecular weight excluding hydrogens is 256 g/mol. The van der Waals surface area contributed by atoms with E-state index >= 15 is 0 Å². The maximum atomic E-state index is 5.03. The highest BCUT2D eigenvalue weighted by Crippen LogP contribution is 2.19. The Morgan fingerprint density at radius 2 is 2.25 bits per heavy atom. The summed E-state index contributed by atoms with van der Waals surface area (Å²) < 4.78 is 6.75. The molecule has 3 rings (SSSR count). The third-order valence-corrected chi connectivity index (χ3v) is 3.09. The molecule has 0 spiro atoms. The van der Waals surface area contributed by atoms with Crippen molar-refractivity contribution in [3.8, 4) is 0 Å². The topological polar surface area (TPSA) is 77.2 Å². The van der Waals surface area contributed by atoms with Crippen molar-refractivity contribution in [1.29, 1.82) is 0 Å². The zero-order valence-corrected chi connectivity index (χ0v) is 11.5. The van der Waals surface area contributed by atoms with Crippen molar-refractivity contribution in [2.24, 2.45) is 0 Å². The second-order valence-corrected chi connectivity index (χ2v) is 4.64. The highest BCUT2D eigenvalue weighted by Gasteiger charge is 2.11. The number of hydrogen-bond donors (Lipinski definition) is 1. The quantitative estimate of drug-likeness (QED) is 0.708. The van der Waals surface area contributed by atoms with E-state index in [9.17, 15) is 0 Å². The number of methoxy groups -OCH3 is 1. The lowest BCUT2D eigenvalue weighted by molar-refractivity contribution is 0.198. The molecule has 2 heterocycles. The largest absolute Gasteiger partial charge is 0.385 e. The zero-order valence-electron chi connectivity index (χ0n) is 11.5. The molecule has 0 amide bonds. The van der Waals surface area contributed by atoms with Gasteiger partial charge in [0.15, 0.2) is 5.82 Å². The summed E-state index contributed by atoms with van der Waals surface area (Å²) in [6.45, 7) is 3.51. The number of anilines is 1. The average molecular weight is 272 g/mol. The van der Waals surface area contributed by atoms with Crippen LogP contribution in [0, 0.1) is 6.92 Å². The van der Waals surface area contributed by atoms with Gasteiger partial charge in [-0.2, -0.15) is 4.52 Å². The fourth-order valence-corrected chi connectivity index (χ4v) is 2.11. The van der Waals surface area contributed by atoms with Crippen LogP contribution in [0.5, 0.6) is 0 Å². The number of aryl methyl sites for hydroxylation is 1.